The second-order valence-corrected chi connectivity index (χ2v) is 6.68. The van der Waals surface area contributed by atoms with Crippen molar-refractivity contribution in [2.75, 3.05) is 13.2 Å². The molecule has 0 spiro atoms. The van der Waals surface area contributed by atoms with Gasteiger partial charge in [0.05, 0.1) is 24.4 Å². The van der Waals surface area contributed by atoms with E-state index in [1.54, 1.807) is 18.2 Å². The van der Waals surface area contributed by atoms with Gasteiger partial charge in [0, 0.05) is 23.1 Å². The van der Waals surface area contributed by atoms with E-state index in [2.05, 4.69) is 15.8 Å². The van der Waals surface area contributed by atoms with E-state index >= 15 is 0 Å². The molecule has 29 heavy (non-hydrogen) atoms. The summed E-state index contributed by atoms with van der Waals surface area (Å²) in [5, 5.41) is 25.8. The van der Waals surface area contributed by atoms with Gasteiger partial charge >= 0.3 is 0 Å². The number of amides is 2. The second-order valence-electron chi connectivity index (χ2n) is 5.84. The number of carbonyl (C=O) groups is 2. The molecule has 0 unspecified atom stereocenters. The first-order valence-electron chi connectivity index (χ1n) is 8.53. The monoisotopic (exact) mass is 439 g/mol. The van der Waals surface area contributed by atoms with E-state index in [1.165, 1.54) is 18.3 Å². The lowest BCUT2D eigenvalue weighted by atomic mass is 10.2. The van der Waals surface area contributed by atoms with Gasteiger partial charge in [-0.3, -0.25) is 9.59 Å². The zero-order chi connectivity index (χ0) is 21.2. The maximum Gasteiger partial charge on any atom is 0.259 e. The molecule has 2 aromatic carbocycles. The van der Waals surface area contributed by atoms with Gasteiger partial charge in [0.25, 0.3) is 5.91 Å². The number of ether oxygens (including phenoxy) is 1. The lowest BCUT2D eigenvalue weighted by Crippen LogP contribution is -2.34. The highest BCUT2D eigenvalue weighted by molar-refractivity contribution is 6.35. The molecule has 0 radical (unpaired) electrons. The minimum absolute atomic E-state index is 0.0898. The fourth-order valence-electron chi connectivity index (χ4n) is 2.13. The van der Waals surface area contributed by atoms with Crippen molar-refractivity contribution >= 4 is 41.2 Å². The van der Waals surface area contributed by atoms with Gasteiger partial charge in [0.2, 0.25) is 5.91 Å². The number of hydrogen-bond acceptors (Lipinski definition) is 6. The minimum Gasteiger partial charge on any atom is -0.508 e. The summed E-state index contributed by atoms with van der Waals surface area (Å²) >= 11 is 11.8. The maximum absolute atomic E-state index is 11.8. The number of phenolic OH excluding ortho intramolecular Hbond substituents is 2. The van der Waals surface area contributed by atoms with Gasteiger partial charge < -0.3 is 20.3 Å². The number of nitrogens with zero attached hydrogens (tertiary/aromatic N) is 1. The van der Waals surface area contributed by atoms with Crippen molar-refractivity contribution in [3.63, 3.8) is 0 Å². The van der Waals surface area contributed by atoms with Crippen LogP contribution in [0.2, 0.25) is 10.0 Å². The molecular weight excluding hydrogens is 421 g/mol. The van der Waals surface area contributed by atoms with Crippen LogP contribution < -0.4 is 15.5 Å². The first kappa shape index (κ1) is 22.3. The number of aromatic hydroxyl groups is 2. The number of carbonyl (C=O) groups excluding carboxylic acids is 2. The van der Waals surface area contributed by atoms with E-state index in [-0.39, 0.29) is 37.0 Å². The van der Waals surface area contributed by atoms with E-state index < -0.39 is 5.91 Å². The van der Waals surface area contributed by atoms with Crippen LogP contribution in [-0.4, -0.2) is 41.4 Å². The van der Waals surface area contributed by atoms with Crippen molar-refractivity contribution < 1.29 is 24.5 Å². The van der Waals surface area contributed by atoms with Crippen molar-refractivity contribution in [1.82, 2.24) is 10.7 Å². The quantitative estimate of drug-likeness (QED) is 0.272. The smallest absolute Gasteiger partial charge is 0.259 e. The number of halogens is 2. The molecule has 154 valence electrons. The van der Waals surface area contributed by atoms with E-state index in [1.807, 2.05) is 0 Å². The van der Waals surface area contributed by atoms with E-state index in [9.17, 15) is 19.8 Å². The zero-order valence-corrected chi connectivity index (χ0v) is 16.7. The average molecular weight is 440 g/mol. The fraction of sp³-hybridized carbons (Fsp3) is 0.211. The highest BCUT2D eigenvalue weighted by Crippen LogP contribution is 2.27. The summed E-state index contributed by atoms with van der Waals surface area (Å²) in [7, 11) is 0. The van der Waals surface area contributed by atoms with Crippen LogP contribution >= 0.6 is 23.2 Å². The number of benzene rings is 2. The second kappa shape index (κ2) is 11.1. The fourth-order valence-corrected chi connectivity index (χ4v) is 2.59. The van der Waals surface area contributed by atoms with Gasteiger partial charge in [0.15, 0.2) is 0 Å². The normalized spacial score (nSPS) is 10.7. The number of phenols is 2. The molecule has 10 heteroatoms. The van der Waals surface area contributed by atoms with Gasteiger partial charge in [-0.15, -0.1) is 0 Å². The molecule has 0 saturated heterocycles. The van der Waals surface area contributed by atoms with Crippen LogP contribution in [0.25, 0.3) is 0 Å². The summed E-state index contributed by atoms with van der Waals surface area (Å²) in [5.41, 5.74) is 2.53. The topological polar surface area (TPSA) is 120 Å². The summed E-state index contributed by atoms with van der Waals surface area (Å²) in [4.78, 5) is 23.4. The van der Waals surface area contributed by atoms with Gasteiger partial charge in [-0.05, 0) is 36.8 Å². The molecule has 4 N–H and O–H groups in total. The molecule has 0 atom stereocenters. The van der Waals surface area contributed by atoms with Crippen molar-refractivity contribution in [3.8, 4) is 17.2 Å². The molecule has 0 heterocycles. The number of hydrazone groups is 1. The number of rotatable bonds is 9. The number of nitrogens with one attached hydrogen (secondary N) is 2. The first-order chi connectivity index (χ1) is 13.8. The predicted molar refractivity (Wildman–Crippen MR) is 110 cm³/mol. The van der Waals surface area contributed by atoms with Crippen LogP contribution in [0.5, 0.6) is 17.2 Å². The third-order valence-electron chi connectivity index (χ3n) is 3.55. The molecule has 2 amide bonds. The Labute approximate surface area is 177 Å². The maximum atomic E-state index is 11.8. The molecule has 0 aliphatic carbocycles. The van der Waals surface area contributed by atoms with Gasteiger partial charge in [0.1, 0.15) is 17.2 Å². The average Bonchev–Trinajstić information content (AvgIpc) is 2.66. The molecular formula is C19H19Cl2N3O5. The molecule has 0 saturated carbocycles. The Kier molecular flexibility index (Phi) is 8.57. The van der Waals surface area contributed by atoms with Crippen molar-refractivity contribution in [1.29, 1.82) is 0 Å². The highest BCUT2D eigenvalue weighted by atomic mass is 35.5. The number of hydrogen-bond donors (Lipinski definition) is 4. The third-order valence-corrected chi connectivity index (χ3v) is 4.08. The van der Waals surface area contributed by atoms with Gasteiger partial charge in [-0.2, -0.15) is 5.10 Å². The Morgan fingerprint density at radius 1 is 1.10 bits per heavy atom. The molecule has 0 aliphatic rings. The van der Waals surface area contributed by atoms with Crippen LogP contribution in [0, 0.1) is 0 Å². The van der Waals surface area contributed by atoms with Crippen molar-refractivity contribution in [2.24, 2.45) is 5.10 Å². The standard InChI is InChI=1S/C19H19Cl2N3O5/c20-13-4-6-17(15(21)8-13)29-7-1-2-18(27)22-11-19(28)24-23-10-12-3-5-14(25)9-16(12)26/h3-6,8-10,25-26H,1-2,7,11H2,(H,22,27)(H,24,28)/b23-10-. The lowest BCUT2D eigenvalue weighted by Gasteiger charge is -2.08. The van der Waals surface area contributed by atoms with Gasteiger partial charge in [-0.25, -0.2) is 5.43 Å². The molecule has 0 bridgehead atoms. The molecule has 0 fully saturated rings. The van der Waals surface area contributed by atoms with Crippen LogP contribution in [-0.2, 0) is 9.59 Å². The van der Waals surface area contributed by atoms with Gasteiger partial charge in [-0.1, -0.05) is 23.2 Å². The Bertz CT molecular complexity index is 905. The lowest BCUT2D eigenvalue weighted by molar-refractivity contribution is -0.126. The molecule has 8 nitrogen and oxygen atoms in total. The summed E-state index contributed by atoms with van der Waals surface area (Å²) in [6, 6.07) is 8.81. The zero-order valence-electron chi connectivity index (χ0n) is 15.2. The highest BCUT2D eigenvalue weighted by Gasteiger charge is 2.07. The van der Waals surface area contributed by atoms with Crippen LogP contribution in [0.15, 0.2) is 41.5 Å². The SMILES string of the molecule is O=C(CCCOc1ccc(Cl)cc1Cl)NCC(=O)N/N=C\c1ccc(O)cc1O. The molecule has 0 aliphatic heterocycles. The first-order valence-corrected chi connectivity index (χ1v) is 9.29. The van der Waals surface area contributed by atoms with E-state index in [0.29, 0.717) is 27.8 Å². The van der Waals surface area contributed by atoms with E-state index in [4.69, 9.17) is 27.9 Å². The Morgan fingerprint density at radius 2 is 1.90 bits per heavy atom. The third kappa shape index (κ3) is 7.89. The molecule has 0 aromatic heterocycles. The van der Waals surface area contributed by atoms with Crippen LogP contribution in [0.3, 0.4) is 0 Å². The Morgan fingerprint density at radius 3 is 2.62 bits per heavy atom. The molecule has 2 rings (SSSR count). The van der Waals surface area contributed by atoms with E-state index in [0.717, 1.165) is 6.07 Å². The largest absolute Gasteiger partial charge is 0.508 e. The summed E-state index contributed by atoms with van der Waals surface area (Å²) < 4.78 is 5.47. The van der Waals surface area contributed by atoms with Crippen molar-refractivity contribution in [2.45, 2.75) is 12.8 Å². The molecule has 2 aromatic rings. The minimum atomic E-state index is -0.530. The Balaban J connectivity index is 1.63. The van der Waals surface area contributed by atoms with Crippen molar-refractivity contribution in [3.05, 3.63) is 52.0 Å². The summed E-state index contributed by atoms with van der Waals surface area (Å²) in [6.07, 6.45) is 1.82. The van der Waals surface area contributed by atoms with Crippen LogP contribution in [0.1, 0.15) is 18.4 Å². The van der Waals surface area contributed by atoms with Crippen LogP contribution in [0.4, 0.5) is 0 Å². The predicted octanol–water partition coefficient (Wildman–Crippen LogP) is 2.83. The summed E-state index contributed by atoms with van der Waals surface area (Å²) in [6.45, 7) is 0.0307. The Hall–Kier alpha value is -2.97. The summed E-state index contributed by atoms with van der Waals surface area (Å²) in [5.74, 6) is -0.636.